The quantitative estimate of drug-likeness (QED) is 0.728. The number of fused-ring (bicyclic) bond motifs is 1. The fourth-order valence-electron chi connectivity index (χ4n) is 3.60. The maximum atomic E-state index is 4.81. The van der Waals surface area contributed by atoms with E-state index in [1.807, 2.05) is 0 Å². The van der Waals surface area contributed by atoms with Crippen molar-refractivity contribution in [3.63, 3.8) is 0 Å². The molecule has 1 saturated heterocycles. The van der Waals surface area contributed by atoms with Gasteiger partial charge in [-0.2, -0.15) is 0 Å². The summed E-state index contributed by atoms with van der Waals surface area (Å²) in [4.78, 5) is 10.00. The molecule has 0 spiro atoms. The van der Waals surface area contributed by atoms with Crippen molar-refractivity contribution in [2.24, 2.45) is 0 Å². The van der Waals surface area contributed by atoms with Gasteiger partial charge in [-0.1, -0.05) is 40.2 Å². The van der Waals surface area contributed by atoms with Crippen LogP contribution in [0.1, 0.15) is 30.1 Å². The Morgan fingerprint density at radius 3 is 2.78 bits per heavy atom. The van der Waals surface area contributed by atoms with Crippen LogP contribution in [0.3, 0.4) is 0 Å². The van der Waals surface area contributed by atoms with Gasteiger partial charge in [0.05, 0.1) is 30.0 Å². The number of quaternary nitrogens is 1. The highest BCUT2D eigenvalue weighted by molar-refractivity contribution is 9.10. The third-order valence-electron chi connectivity index (χ3n) is 4.78. The number of rotatable bonds is 3. The monoisotopic (exact) mass is 370 g/mol. The summed E-state index contributed by atoms with van der Waals surface area (Å²) in [5.74, 6) is 1.71. The lowest BCUT2D eigenvalue weighted by molar-refractivity contribution is -0.920. The molecule has 2 atom stereocenters. The summed E-state index contributed by atoms with van der Waals surface area (Å²) in [6.07, 6.45) is 2.51. The Hall–Kier alpha value is -1.65. The molecule has 2 aromatic carbocycles. The Morgan fingerprint density at radius 1 is 1.13 bits per heavy atom. The zero-order chi connectivity index (χ0) is 15.6. The molecule has 0 radical (unpaired) electrons. The van der Waals surface area contributed by atoms with Crippen LogP contribution in [0.4, 0.5) is 0 Å². The van der Waals surface area contributed by atoms with Gasteiger partial charge < -0.3 is 9.88 Å². The molecule has 1 aliphatic rings. The van der Waals surface area contributed by atoms with E-state index in [0.717, 1.165) is 28.6 Å². The average molecular weight is 371 g/mol. The van der Waals surface area contributed by atoms with Gasteiger partial charge in [0.25, 0.3) is 0 Å². The maximum absolute atomic E-state index is 4.81. The molecule has 2 heterocycles. The predicted molar refractivity (Wildman–Crippen MR) is 96.6 cm³/mol. The molecule has 1 fully saturated rings. The topological polar surface area (TPSA) is 33.1 Å². The fraction of sp³-hybridized carbons (Fsp3) is 0.316. The zero-order valence-electron chi connectivity index (χ0n) is 13.1. The highest BCUT2D eigenvalue weighted by Gasteiger charge is 2.26. The second kappa shape index (κ2) is 6.46. The average Bonchev–Trinajstić information content (AvgIpc) is 3.01. The van der Waals surface area contributed by atoms with Crippen molar-refractivity contribution >= 4 is 27.0 Å². The summed E-state index contributed by atoms with van der Waals surface area (Å²) < 4.78 is 1.15. The summed E-state index contributed by atoms with van der Waals surface area (Å²) in [5.41, 5.74) is 3.65. The first-order chi connectivity index (χ1) is 11.3. The van der Waals surface area contributed by atoms with Crippen molar-refractivity contribution in [1.82, 2.24) is 9.97 Å². The minimum absolute atomic E-state index is 0.543. The number of aromatic amines is 1. The lowest BCUT2D eigenvalue weighted by Gasteiger charge is -2.29. The number of aromatic nitrogens is 2. The number of hydrogen-bond acceptors (Lipinski definition) is 1. The van der Waals surface area contributed by atoms with Gasteiger partial charge in [-0.05, 0) is 37.1 Å². The largest absolute Gasteiger partial charge is 0.342 e. The van der Waals surface area contributed by atoms with E-state index in [9.17, 15) is 0 Å². The van der Waals surface area contributed by atoms with E-state index in [4.69, 9.17) is 4.98 Å². The van der Waals surface area contributed by atoms with Gasteiger partial charge in [-0.3, -0.25) is 0 Å². The van der Waals surface area contributed by atoms with Crippen molar-refractivity contribution in [1.29, 1.82) is 0 Å². The van der Waals surface area contributed by atoms with E-state index in [1.54, 1.807) is 4.90 Å². The number of H-pyrrole nitrogens is 1. The van der Waals surface area contributed by atoms with Gasteiger partial charge in [0.15, 0.2) is 0 Å². The molecule has 23 heavy (non-hydrogen) atoms. The number of benzene rings is 2. The first-order valence-electron chi connectivity index (χ1n) is 8.30. The molecule has 4 heteroatoms. The van der Waals surface area contributed by atoms with E-state index in [0.29, 0.717) is 5.92 Å². The molecule has 2 N–H and O–H groups in total. The fourth-order valence-corrected chi connectivity index (χ4v) is 3.87. The minimum atomic E-state index is 0.543. The predicted octanol–water partition coefficient (Wildman–Crippen LogP) is 3.29. The Kier molecular flexibility index (Phi) is 4.19. The van der Waals surface area contributed by atoms with E-state index in [-0.39, 0.29) is 0 Å². The summed E-state index contributed by atoms with van der Waals surface area (Å²) in [5, 5.41) is 0. The number of nitrogens with one attached hydrogen (secondary N) is 2. The second-order valence-corrected chi connectivity index (χ2v) is 7.40. The smallest absolute Gasteiger partial charge is 0.116 e. The Morgan fingerprint density at radius 2 is 1.96 bits per heavy atom. The van der Waals surface area contributed by atoms with Crippen molar-refractivity contribution in [3.05, 3.63) is 64.4 Å². The van der Waals surface area contributed by atoms with Crippen molar-refractivity contribution < 1.29 is 4.90 Å². The lowest BCUT2D eigenvalue weighted by atomic mass is 9.97. The molecule has 0 amide bonds. The number of para-hydroxylation sites is 2. The van der Waals surface area contributed by atoms with Gasteiger partial charge in [0.1, 0.15) is 12.4 Å². The third kappa shape index (κ3) is 3.33. The van der Waals surface area contributed by atoms with Crippen LogP contribution >= 0.6 is 15.9 Å². The molecule has 0 bridgehead atoms. The summed E-state index contributed by atoms with van der Waals surface area (Å²) >= 11 is 3.51. The van der Waals surface area contributed by atoms with E-state index in [1.165, 1.54) is 30.8 Å². The zero-order valence-corrected chi connectivity index (χ0v) is 14.6. The molecule has 118 valence electrons. The molecule has 1 unspecified atom stereocenters. The Labute approximate surface area is 144 Å². The molecule has 3 nitrogen and oxygen atoms in total. The van der Waals surface area contributed by atoms with Gasteiger partial charge in [0, 0.05) is 10.0 Å². The van der Waals surface area contributed by atoms with Crippen molar-refractivity contribution in [2.45, 2.75) is 25.3 Å². The van der Waals surface area contributed by atoms with Gasteiger partial charge in [-0.15, -0.1) is 0 Å². The van der Waals surface area contributed by atoms with Crippen molar-refractivity contribution in [3.8, 4) is 0 Å². The summed E-state index contributed by atoms with van der Waals surface area (Å²) in [7, 11) is 0. The molecule has 4 rings (SSSR count). The van der Waals surface area contributed by atoms with Crippen LogP contribution in [-0.2, 0) is 6.54 Å². The number of hydrogen-bond donors (Lipinski definition) is 2. The highest BCUT2D eigenvalue weighted by atomic mass is 79.9. The summed E-state index contributed by atoms with van der Waals surface area (Å²) in [6, 6.07) is 17.0. The standard InChI is InChI=1S/C19H20BrN3/c20-16-9-7-14(8-10-16)12-23-11-3-4-15(13-23)19-21-17-5-1-2-6-18(17)22-19/h1-2,5-10,15H,3-4,11-13H2,(H,21,22)/p+1/t15-/m0/s1. The van der Waals surface area contributed by atoms with Gasteiger partial charge in [-0.25, -0.2) is 4.98 Å². The maximum Gasteiger partial charge on any atom is 0.116 e. The number of imidazole rings is 1. The van der Waals surface area contributed by atoms with Crippen LogP contribution in [0.2, 0.25) is 0 Å². The number of halogens is 1. The minimum Gasteiger partial charge on any atom is -0.342 e. The van der Waals surface area contributed by atoms with Gasteiger partial charge >= 0.3 is 0 Å². The Balaban J connectivity index is 1.49. The van der Waals surface area contributed by atoms with Crippen LogP contribution in [0, 0.1) is 0 Å². The lowest BCUT2D eigenvalue weighted by Crippen LogP contribution is -3.12. The first kappa shape index (κ1) is 14.9. The molecule has 0 saturated carbocycles. The Bertz CT molecular complexity index is 761. The van der Waals surface area contributed by atoms with Crippen LogP contribution in [-0.4, -0.2) is 23.1 Å². The molecular weight excluding hydrogens is 350 g/mol. The summed E-state index contributed by atoms with van der Waals surface area (Å²) in [6.45, 7) is 3.52. The van der Waals surface area contributed by atoms with E-state index in [2.05, 4.69) is 69.4 Å². The van der Waals surface area contributed by atoms with E-state index >= 15 is 0 Å². The molecule has 0 aliphatic carbocycles. The van der Waals surface area contributed by atoms with E-state index < -0.39 is 0 Å². The van der Waals surface area contributed by atoms with Crippen LogP contribution < -0.4 is 4.90 Å². The molecule has 3 aromatic rings. The van der Waals surface area contributed by atoms with Crippen LogP contribution in [0.5, 0.6) is 0 Å². The van der Waals surface area contributed by atoms with Crippen LogP contribution in [0.25, 0.3) is 11.0 Å². The molecule has 1 aromatic heterocycles. The van der Waals surface area contributed by atoms with Crippen molar-refractivity contribution in [2.75, 3.05) is 13.1 Å². The number of likely N-dealkylation sites (tertiary alicyclic amines) is 1. The molecular formula is C19H21BrN3+. The normalized spacial score (nSPS) is 21.6. The number of piperidine rings is 1. The SMILES string of the molecule is Brc1ccc(C[NH+]2CCC[C@H](c3nc4ccccc4[nH]3)C2)cc1. The molecule has 1 aliphatic heterocycles. The first-order valence-corrected chi connectivity index (χ1v) is 9.10. The highest BCUT2D eigenvalue weighted by Crippen LogP contribution is 2.22. The van der Waals surface area contributed by atoms with Crippen LogP contribution in [0.15, 0.2) is 53.0 Å². The third-order valence-corrected chi connectivity index (χ3v) is 5.31. The number of nitrogens with zero attached hydrogens (tertiary/aromatic N) is 1. The van der Waals surface area contributed by atoms with Gasteiger partial charge in [0.2, 0.25) is 0 Å². The second-order valence-electron chi connectivity index (χ2n) is 6.49.